The van der Waals surface area contributed by atoms with Gasteiger partial charge in [0.05, 0.1) is 22.4 Å². The average molecular weight is 1010 g/mol. The van der Waals surface area contributed by atoms with Crippen LogP contribution < -0.4 is 0 Å². The quantitative estimate of drug-likeness (QED) is 0.0424. The van der Waals surface area contributed by atoms with Gasteiger partial charge in [0.1, 0.15) is 37.1 Å². The summed E-state index contributed by atoms with van der Waals surface area (Å²) in [4.78, 5) is 83.5. The second-order valence-corrected chi connectivity index (χ2v) is 17.0. The van der Waals surface area contributed by atoms with E-state index in [2.05, 4.69) is 4.99 Å². The van der Waals surface area contributed by atoms with Gasteiger partial charge in [-0.1, -0.05) is 86.6 Å². The molecule has 0 spiro atoms. The zero-order chi connectivity index (χ0) is 52.2. The smallest absolute Gasteiger partial charge is 0.462 e. The zero-order valence-electron chi connectivity index (χ0n) is 40.1. The third-order valence-electron chi connectivity index (χ3n) is 11.4. The maximum atomic E-state index is 15.2. The Morgan fingerprint density at radius 2 is 1.17 bits per heavy atom. The Kier molecular flexibility index (Phi) is 18.3. The molecule has 0 bridgehead atoms. The van der Waals surface area contributed by atoms with Crippen molar-refractivity contribution in [2.24, 2.45) is 10.9 Å². The topological polar surface area (TPSA) is 207 Å². The van der Waals surface area contributed by atoms with E-state index in [1.54, 1.807) is 50.2 Å². The normalized spacial score (nSPS) is 25.1. The third kappa shape index (κ3) is 14.5. The number of aliphatic imine (C=N–C) groups is 1. The lowest BCUT2D eigenvalue weighted by molar-refractivity contribution is -0.371. The molecule has 0 N–H and O–H groups in total. The number of carbonyl (C=O) groups excluding carboxylic acids is 6. The van der Waals surface area contributed by atoms with E-state index in [0.717, 1.165) is 20.8 Å². The van der Waals surface area contributed by atoms with Crippen LogP contribution in [0.5, 0.6) is 0 Å². The van der Waals surface area contributed by atoms with Gasteiger partial charge in [-0.25, -0.2) is 19.4 Å². The minimum atomic E-state index is -5.34. The second kappa shape index (κ2) is 24.3. The van der Waals surface area contributed by atoms with Gasteiger partial charge in [-0.3, -0.25) is 14.4 Å². The zero-order valence-corrected chi connectivity index (χ0v) is 40.1. The van der Waals surface area contributed by atoms with E-state index in [0.29, 0.717) is 0 Å². The van der Waals surface area contributed by atoms with Gasteiger partial charge < -0.3 is 47.4 Å². The van der Waals surface area contributed by atoms with Crippen LogP contribution in [0, 0.1) is 5.92 Å². The van der Waals surface area contributed by atoms with Gasteiger partial charge in [0, 0.05) is 33.1 Å². The van der Waals surface area contributed by atoms with Crippen LogP contribution in [0.1, 0.15) is 85.5 Å². The lowest BCUT2D eigenvalue weighted by Gasteiger charge is -2.51. The highest BCUT2D eigenvalue weighted by Gasteiger charge is 2.59. The van der Waals surface area contributed by atoms with E-state index in [1.165, 1.54) is 91.9 Å². The van der Waals surface area contributed by atoms with Gasteiger partial charge in [0.25, 0.3) is 5.90 Å². The van der Waals surface area contributed by atoms with Crippen LogP contribution in [0.15, 0.2) is 126 Å². The van der Waals surface area contributed by atoms with Crippen molar-refractivity contribution in [3.63, 3.8) is 0 Å². The molecule has 0 aromatic heterocycles. The molecular weight excluding hydrogens is 952 g/mol. The minimum absolute atomic E-state index is 0.0222. The maximum absolute atomic E-state index is 15.2. The maximum Gasteiger partial charge on any atom is 0.468 e. The summed E-state index contributed by atoms with van der Waals surface area (Å²) in [5.41, 5.74) is -0.247. The molecule has 2 aliphatic rings. The average Bonchev–Trinajstić information content (AvgIpc) is 3.35. The molecule has 2 fully saturated rings. The molecule has 2 heterocycles. The summed E-state index contributed by atoms with van der Waals surface area (Å²) in [7, 11) is 0. The first-order valence-corrected chi connectivity index (χ1v) is 22.9. The standard InChI is InChI=1S/C52H54F3NO16/c1-7-38(64-31(3)57)42(66-33(5)59)41-30(2)39(65-32(4)58)28-51(6,71-41)72-44-43(68-47(61)35-22-14-9-15-23-35)40(29-63-46(60)34-20-12-8-13-21-34)67-49(45(44)69-48(62)36-24-16-10-17-25-36)70-50(52(53,54)55)56-37-26-18-11-19-27-37/h8-27,30,38-45,49H,7,28-29H2,1-6H3/b56-50+/t30-,38-,39?,40?,41-,42-,43+,44+,45?,49?,51?/m1/s1. The first-order valence-electron chi connectivity index (χ1n) is 22.9. The Balaban J connectivity index is 1.56. The molecule has 2 saturated heterocycles. The molecular formula is C52H54F3NO16. The summed E-state index contributed by atoms with van der Waals surface area (Å²) in [6.45, 7) is 7.16. The number of halogens is 3. The number of para-hydroxylation sites is 1. The fourth-order valence-corrected chi connectivity index (χ4v) is 8.18. The molecule has 6 rings (SSSR count). The Labute approximate surface area is 412 Å². The third-order valence-corrected chi connectivity index (χ3v) is 11.4. The number of esters is 6. The highest BCUT2D eigenvalue weighted by atomic mass is 19.4. The van der Waals surface area contributed by atoms with E-state index in [-0.39, 0.29) is 35.2 Å². The molecule has 17 nitrogen and oxygen atoms in total. The van der Waals surface area contributed by atoms with Gasteiger partial charge >= 0.3 is 42.0 Å². The predicted octanol–water partition coefficient (Wildman–Crippen LogP) is 8.06. The minimum Gasteiger partial charge on any atom is -0.462 e. The number of benzene rings is 4. The van der Waals surface area contributed by atoms with Crippen molar-refractivity contribution in [2.75, 3.05) is 6.61 Å². The van der Waals surface area contributed by atoms with Gasteiger partial charge in [-0.2, -0.15) is 13.2 Å². The fraction of sp³-hybridized carbons (Fsp3) is 0.404. The molecule has 0 saturated carbocycles. The van der Waals surface area contributed by atoms with Crippen molar-refractivity contribution in [1.82, 2.24) is 0 Å². The van der Waals surface area contributed by atoms with Gasteiger partial charge in [0.15, 0.2) is 24.1 Å². The number of alkyl halides is 3. The van der Waals surface area contributed by atoms with Crippen LogP contribution in [-0.4, -0.2) is 115 Å². The van der Waals surface area contributed by atoms with Crippen molar-refractivity contribution in [1.29, 1.82) is 0 Å². The summed E-state index contributed by atoms with van der Waals surface area (Å²) < 4.78 is 106. The lowest BCUT2D eigenvalue weighted by Crippen LogP contribution is -2.66. The number of carbonyl (C=O) groups is 6. The summed E-state index contributed by atoms with van der Waals surface area (Å²) in [5.74, 6) is -10.3. The van der Waals surface area contributed by atoms with Crippen LogP contribution in [0.25, 0.3) is 0 Å². The molecule has 0 amide bonds. The molecule has 20 heteroatoms. The fourth-order valence-electron chi connectivity index (χ4n) is 8.18. The van der Waals surface area contributed by atoms with Gasteiger partial charge in [-0.15, -0.1) is 0 Å². The summed E-state index contributed by atoms with van der Waals surface area (Å²) in [6.07, 6.45) is -20.9. The van der Waals surface area contributed by atoms with Crippen molar-refractivity contribution in [3.8, 4) is 0 Å². The highest BCUT2D eigenvalue weighted by molar-refractivity contribution is 5.91. The molecule has 72 heavy (non-hydrogen) atoms. The van der Waals surface area contributed by atoms with Crippen LogP contribution in [-0.2, 0) is 61.8 Å². The molecule has 0 aliphatic carbocycles. The molecule has 2 aliphatic heterocycles. The first-order chi connectivity index (χ1) is 34.2. The van der Waals surface area contributed by atoms with E-state index >= 15 is 13.2 Å². The predicted molar refractivity (Wildman–Crippen MR) is 246 cm³/mol. The van der Waals surface area contributed by atoms with E-state index < -0.39 is 121 Å². The number of rotatable bonds is 17. The van der Waals surface area contributed by atoms with Crippen LogP contribution in [0.4, 0.5) is 18.9 Å². The second-order valence-electron chi connectivity index (χ2n) is 17.0. The Morgan fingerprint density at radius 1 is 0.667 bits per heavy atom. The molecule has 384 valence electrons. The van der Waals surface area contributed by atoms with Crippen LogP contribution in [0.3, 0.4) is 0 Å². The van der Waals surface area contributed by atoms with E-state index in [9.17, 15) is 28.8 Å². The number of hydrogen-bond donors (Lipinski definition) is 0. The molecule has 4 aromatic carbocycles. The largest absolute Gasteiger partial charge is 0.468 e. The lowest BCUT2D eigenvalue weighted by atomic mass is 9.84. The number of hydrogen-bond acceptors (Lipinski definition) is 17. The van der Waals surface area contributed by atoms with Crippen LogP contribution in [0.2, 0.25) is 0 Å². The van der Waals surface area contributed by atoms with Crippen molar-refractivity contribution < 1.29 is 89.3 Å². The summed E-state index contributed by atoms with van der Waals surface area (Å²) in [6, 6.07) is 29.4. The summed E-state index contributed by atoms with van der Waals surface area (Å²) >= 11 is 0. The Hall–Kier alpha value is -7.16. The summed E-state index contributed by atoms with van der Waals surface area (Å²) in [5, 5.41) is 0. The Morgan fingerprint density at radius 3 is 1.65 bits per heavy atom. The van der Waals surface area contributed by atoms with Crippen LogP contribution >= 0.6 is 0 Å². The Bertz CT molecular complexity index is 2520. The van der Waals surface area contributed by atoms with Crippen molar-refractivity contribution in [2.45, 2.75) is 121 Å². The first kappa shape index (κ1) is 54.2. The van der Waals surface area contributed by atoms with Gasteiger partial charge in [0.2, 0.25) is 6.29 Å². The number of nitrogens with zero attached hydrogens (tertiary/aromatic N) is 1. The van der Waals surface area contributed by atoms with Crippen molar-refractivity contribution in [3.05, 3.63) is 138 Å². The van der Waals surface area contributed by atoms with Gasteiger partial charge in [-0.05, 0) is 61.9 Å². The molecule has 5 unspecified atom stereocenters. The molecule has 4 aromatic rings. The highest BCUT2D eigenvalue weighted by Crippen LogP contribution is 2.43. The molecule has 0 radical (unpaired) electrons. The SMILES string of the molecule is CC[C@@H](OC(C)=O)[C@@H](OC(C)=O)[C@@H]1OC(C)(O[C@@H]2C(OC(=O)c3ccccc3)C(O/C(=N/c3ccccc3)C(F)(F)F)OC(COC(=O)c3ccccc3)[C@@H]2OC(=O)c2ccccc2)CC(OC(C)=O)[C@H]1C. The van der Waals surface area contributed by atoms with E-state index in [1.807, 2.05) is 0 Å². The monoisotopic (exact) mass is 1010 g/mol. The molecule has 11 atom stereocenters. The number of ether oxygens (including phenoxy) is 10. The van der Waals surface area contributed by atoms with Crippen molar-refractivity contribution >= 4 is 47.4 Å². The van der Waals surface area contributed by atoms with E-state index in [4.69, 9.17) is 47.4 Å².